The predicted octanol–water partition coefficient (Wildman–Crippen LogP) is 4.28. The van der Waals surface area contributed by atoms with Gasteiger partial charge in [0.2, 0.25) is 33.7 Å². The van der Waals surface area contributed by atoms with Crippen LogP contribution in [0, 0.1) is 5.92 Å². The highest BCUT2D eigenvalue weighted by molar-refractivity contribution is 7.92. The predicted molar refractivity (Wildman–Crippen MR) is 250 cm³/mol. The first kappa shape index (κ1) is 46.0. The normalized spacial score (nSPS) is 18.7. The van der Waals surface area contributed by atoms with Gasteiger partial charge in [0.25, 0.3) is 11.8 Å². The van der Waals surface area contributed by atoms with Crippen molar-refractivity contribution in [2.45, 2.75) is 44.7 Å². The quantitative estimate of drug-likeness (QED) is 0.130. The van der Waals surface area contributed by atoms with Crippen LogP contribution >= 0.6 is 11.6 Å². The van der Waals surface area contributed by atoms with Crippen molar-refractivity contribution in [3.8, 4) is 5.75 Å². The number of aromatic nitrogens is 2. The van der Waals surface area contributed by atoms with Crippen molar-refractivity contribution in [3.05, 3.63) is 83.0 Å². The molecular weight excluding hydrogens is 890 g/mol. The molecule has 5 heterocycles. The summed E-state index contributed by atoms with van der Waals surface area (Å²) in [6, 6.07) is 15.9. The number of methoxy groups -OCH3 is 1. The van der Waals surface area contributed by atoms with Crippen molar-refractivity contribution >= 4 is 91.4 Å². The second kappa shape index (κ2) is 19.1. The third kappa shape index (κ3) is 9.70. The summed E-state index contributed by atoms with van der Waals surface area (Å²) in [7, 11) is -0.448. The molecule has 21 heteroatoms. The number of hydrogen-bond donors (Lipinski definition) is 4. The van der Waals surface area contributed by atoms with Gasteiger partial charge < -0.3 is 30.5 Å². The largest absolute Gasteiger partial charge is 0.494 e. The number of piperidine rings is 2. The number of nitrogens with one attached hydrogen (secondary N) is 4. The van der Waals surface area contributed by atoms with E-state index in [1.165, 1.54) is 23.6 Å². The first-order valence-electron chi connectivity index (χ1n) is 21.7. The van der Waals surface area contributed by atoms with Gasteiger partial charge in [0.15, 0.2) is 5.82 Å². The lowest BCUT2D eigenvalue weighted by molar-refractivity contribution is -0.136. The number of carbonyl (C=O) groups excluding carboxylic acids is 5. The number of amides is 5. The minimum atomic E-state index is -3.52. The molecule has 0 radical (unpaired) electrons. The molecule has 3 fully saturated rings. The van der Waals surface area contributed by atoms with Crippen molar-refractivity contribution in [1.82, 2.24) is 30.0 Å². The van der Waals surface area contributed by atoms with Crippen LogP contribution in [0.25, 0.3) is 0 Å². The SMILES string of the molecule is COc1cc(N2CCN(CC3CCN(C(=O)[C@H](C)Nc4cccc5c4C(=O)N(C4CCC(=O)NC4=O)C5=O)CC3)CC2)ccc1Nc1ncc(Cl)c(Nc2ccccc2N(C)S(C)(=O)=O)n1. The van der Waals surface area contributed by atoms with Gasteiger partial charge in [-0.25, -0.2) is 13.4 Å². The lowest BCUT2D eigenvalue weighted by Crippen LogP contribution is -2.54. The maximum atomic E-state index is 13.7. The average molecular weight is 942 g/mol. The molecule has 4 N–H and O–H groups in total. The Bertz CT molecular complexity index is 2670. The standard InChI is InChI=1S/C45H52ClN11O8S/c1-27(48-34-10-7-8-30-39(34)44(62)57(43(30)61)36-14-15-38(58)51-41(36)59)42(60)56-18-16-28(17-19-56)26-54-20-22-55(23-21-54)29-12-13-33(37(24-29)65-3)50-45-47-25-31(46)40(52-45)49-32-9-5-6-11-35(32)53(2)66(4,63)64/h5-13,24-25,27-28,36,48H,14-23,26H2,1-4H3,(H,51,58,59)(H2,47,49,50,52)/t27-,36?/m0/s1. The van der Waals surface area contributed by atoms with Crippen molar-refractivity contribution in [1.29, 1.82) is 0 Å². The Morgan fingerprint density at radius 3 is 2.36 bits per heavy atom. The Balaban J connectivity index is 0.812. The molecule has 348 valence electrons. The van der Waals surface area contributed by atoms with E-state index in [-0.39, 0.29) is 46.7 Å². The molecule has 1 aromatic heterocycles. The summed E-state index contributed by atoms with van der Waals surface area (Å²) in [6.45, 7) is 7.30. The number of hydrogen-bond acceptors (Lipinski definition) is 15. The highest BCUT2D eigenvalue weighted by atomic mass is 35.5. The van der Waals surface area contributed by atoms with Crippen LogP contribution in [0.15, 0.2) is 66.9 Å². The molecule has 0 aliphatic carbocycles. The number of ether oxygens (including phenoxy) is 1. The number of para-hydroxylation sites is 2. The van der Waals surface area contributed by atoms with Gasteiger partial charge in [-0.1, -0.05) is 29.8 Å². The number of carbonyl (C=O) groups is 5. The fraction of sp³-hybridized carbons (Fsp3) is 0.400. The topological polar surface area (TPSA) is 219 Å². The number of halogens is 1. The molecule has 19 nitrogen and oxygen atoms in total. The van der Waals surface area contributed by atoms with Crippen LogP contribution in [0.2, 0.25) is 5.02 Å². The second-order valence-corrected chi connectivity index (χ2v) is 19.3. The lowest BCUT2D eigenvalue weighted by atomic mass is 9.95. The smallest absolute Gasteiger partial charge is 0.264 e. The number of fused-ring (bicyclic) bond motifs is 1. The first-order valence-corrected chi connectivity index (χ1v) is 24.0. The number of piperazine rings is 1. The highest BCUT2D eigenvalue weighted by Gasteiger charge is 2.46. The van der Waals surface area contributed by atoms with E-state index >= 15 is 0 Å². The number of likely N-dealkylation sites (tertiary alicyclic amines) is 1. The molecule has 1 unspecified atom stereocenters. The summed E-state index contributed by atoms with van der Waals surface area (Å²) in [6.07, 6.45) is 4.40. The molecule has 0 spiro atoms. The average Bonchev–Trinajstić information content (AvgIpc) is 3.56. The number of imide groups is 2. The number of anilines is 7. The zero-order valence-electron chi connectivity index (χ0n) is 37.0. The summed E-state index contributed by atoms with van der Waals surface area (Å²) in [5.74, 6) is -0.872. The van der Waals surface area contributed by atoms with Crippen molar-refractivity contribution in [2.24, 2.45) is 5.92 Å². The monoisotopic (exact) mass is 941 g/mol. The van der Waals surface area contributed by atoms with Gasteiger partial charge in [-0.3, -0.25) is 43.4 Å². The molecule has 4 aliphatic rings. The van der Waals surface area contributed by atoms with E-state index < -0.39 is 45.7 Å². The van der Waals surface area contributed by atoms with E-state index in [1.54, 1.807) is 50.4 Å². The van der Waals surface area contributed by atoms with Crippen molar-refractivity contribution in [3.63, 3.8) is 0 Å². The summed E-state index contributed by atoms with van der Waals surface area (Å²) in [4.78, 5) is 81.2. The molecule has 2 atom stereocenters. The minimum absolute atomic E-state index is 0.0288. The van der Waals surface area contributed by atoms with Gasteiger partial charge in [0.05, 0.1) is 47.8 Å². The van der Waals surface area contributed by atoms with Gasteiger partial charge in [-0.15, -0.1) is 0 Å². The van der Waals surface area contributed by atoms with Gasteiger partial charge in [-0.2, -0.15) is 4.98 Å². The van der Waals surface area contributed by atoms with Crippen LogP contribution in [0.1, 0.15) is 53.3 Å². The van der Waals surface area contributed by atoms with Crippen LogP contribution in [0.3, 0.4) is 0 Å². The molecule has 66 heavy (non-hydrogen) atoms. The Labute approximate surface area is 387 Å². The summed E-state index contributed by atoms with van der Waals surface area (Å²) < 4.78 is 31.5. The maximum Gasteiger partial charge on any atom is 0.264 e. The molecule has 4 aromatic rings. The van der Waals surface area contributed by atoms with Crippen LogP contribution < -0.4 is 35.2 Å². The fourth-order valence-electron chi connectivity index (χ4n) is 8.87. The van der Waals surface area contributed by atoms with Crippen molar-refractivity contribution in [2.75, 3.05) is 91.4 Å². The zero-order chi connectivity index (χ0) is 46.9. The number of rotatable bonds is 14. The van der Waals surface area contributed by atoms with Gasteiger partial charge in [0.1, 0.15) is 22.9 Å². The molecule has 0 bridgehead atoms. The van der Waals surface area contributed by atoms with E-state index in [0.717, 1.165) is 62.4 Å². The minimum Gasteiger partial charge on any atom is -0.494 e. The van der Waals surface area contributed by atoms with Crippen LogP contribution in [-0.4, -0.2) is 141 Å². The summed E-state index contributed by atoms with van der Waals surface area (Å²) in [5.41, 5.74) is 3.20. The summed E-state index contributed by atoms with van der Waals surface area (Å²) in [5, 5.41) is 12.0. The van der Waals surface area contributed by atoms with Crippen molar-refractivity contribution < 1.29 is 37.1 Å². The van der Waals surface area contributed by atoms with Crippen LogP contribution in [0.4, 0.5) is 40.2 Å². The van der Waals surface area contributed by atoms with E-state index in [2.05, 4.69) is 41.0 Å². The molecule has 5 amide bonds. The lowest BCUT2D eigenvalue weighted by Gasteiger charge is -2.40. The molecule has 0 saturated carbocycles. The molecule has 4 aliphatic heterocycles. The van der Waals surface area contributed by atoms with E-state index in [4.69, 9.17) is 16.3 Å². The Hall–Kier alpha value is -6.51. The summed E-state index contributed by atoms with van der Waals surface area (Å²) >= 11 is 6.47. The highest BCUT2D eigenvalue weighted by Crippen LogP contribution is 2.36. The van der Waals surface area contributed by atoms with E-state index in [1.807, 2.05) is 23.1 Å². The van der Waals surface area contributed by atoms with Gasteiger partial charge in [-0.05, 0) is 68.5 Å². The second-order valence-electron chi connectivity index (χ2n) is 16.9. The Kier molecular flexibility index (Phi) is 13.4. The van der Waals surface area contributed by atoms with E-state index in [9.17, 15) is 32.4 Å². The van der Waals surface area contributed by atoms with E-state index in [0.29, 0.717) is 47.5 Å². The van der Waals surface area contributed by atoms with Gasteiger partial charge >= 0.3 is 0 Å². The van der Waals surface area contributed by atoms with Crippen LogP contribution in [-0.2, 0) is 24.4 Å². The molecular formula is C45H52ClN11O8S. The first-order chi connectivity index (χ1) is 31.6. The molecule has 8 rings (SSSR count). The van der Waals surface area contributed by atoms with Crippen LogP contribution in [0.5, 0.6) is 5.75 Å². The molecule has 3 saturated heterocycles. The third-order valence-corrected chi connectivity index (χ3v) is 14.0. The van der Waals surface area contributed by atoms with Gasteiger partial charge in [0, 0.05) is 76.7 Å². The fourth-order valence-corrected chi connectivity index (χ4v) is 9.52. The number of nitrogens with zero attached hydrogens (tertiary/aromatic N) is 7. The number of sulfonamides is 1. The Morgan fingerprint density at radius 1 is 0.924 bits per heavy atom. The Morgan fingerprint density at radius 2 is 1.65 bits per heavy atom. The number of benzene rings is 3. The molecule has 3 aromatic carbocycles. The third-order valence-electron chi connectivity index (χ3n) is 12.6. The zero-order valence-corrected chi connectivity index (χ0v) is 38.6. The maximum absolute atomic E-state index is 13.7.